The molecule has 1 aliphatic rings. The van der Waals surface area contributed by atoms with E-state index in [1.54, 1.807) is 12.1 Å². The van der Waals surface area contributed by atoms with Gasteiger partial charge in [0.15, 0.2) is 6.23 Å². The number of β-amino-alcohol motifs (C(OH)–C–C–N with tert-alkyl or cyclic N) is 1. The van der Waals surface area contributed by atoms with Crippen molar-refractivity contribution in [2.45, 2.75) is 18.2 Å². The highest BCUT2D eigenvalue weighted by Crippen LogP contribution is 2.42. The minimum atomic E-state index is -2.42. The van der Waals surface area contributed by atoms with Gasteiger partial charge in [0.25, 0.3) is 5.60 Å². The summed E-state index contributed by atoms with van der Waals surface area (Å²) in [6, 6.07) is 12.6. The van der Waals surface area contributed by atoms with Gasteiger partial charge in [0.2, 0.25) is 11.7 Å². The largest absolute Gasteiger partial charge is 0.479 e. The number of nitrogen functional groups attached to an aromatic ring is 2. The summed E-state index contributed by atoms with van der Waals surface area (Å²) in [6.07, 6.45) is 0.142. The fourth-order valence-corrected chi connectivity index (χ4v) is 4.62. The van der Waals surface area contributed by atoms with Crippen molar-refractivity contribution in [1.29, 1.82) is 0 Å². The number of hydrogen-bond acceptors (Lipinski definition) is 10. The highest BCUT2D eigenvalue weighted by Gasteiger charge is 2.60. The number of hydrogen-bond donors (Lipinski definition) is 4. The molecule has 11 nitrogen and oxygen atoms in total. The van der Waals surface area contributed by atoms with Crippen LogP contribution in [0.5, 0.6) is 0 Å². The average molecular weight is 518 g/mol. The maximum Gasteiger partial charge on any atom is 0.349 e. The number of fused-ring (bicyclic) bond motifs is 1. The summed E-state index contributed by atoms with van der Waals surface area (Å²) in [5.41, 5.74) is 11.8. The molecule has 0 saturated carbocycles. The Morgan fingerprint density at radius 3 is 2.50 bits per heavy atom. The number of aliphatic hydroxyl groups excluding tert-OH is 1. The maximum atomic E-state index is 14.1. The Bertz CT molecular complexity index is 1440. The van der Waals surface area contributed by atoms with Crippen molar-refractivity contribution < 1.29 is 29.3 Å². The summed E-state index contributed by atoms with van der Waals surface area (Å²) in [5, 5.41) is 20.1. The third kappa shape index (κ3) is 4.52. The Balaban J connectivity index is 2.02. The van der Waals surface area contributed by atoms with Crippen LogP contribution in [0.4, 0.5) is 17.5 Å². The summed E-state index contributed by atoms with van der Waals surface area (Å²) < 4.78 is 10.9. The number of anilines is 3. The zero-order valence-electron chi connectivity index (χ0n) is 20.8. The molecule has 0 spiro atoms. The van der Waals surface area contributed by atoms with Gasteiger partial charge >= 0.3 is 5.97 Å². The first-order valence-corrected chi connectivity index (χ1v) is 11.6. The topological polar surface area (TPSA) is 174 Å². The Morgan fingerprint density at radius 1 is 1.16 bits per heavy atom. The van der Waals surface area contributed by atoms with Gasteiger partial charge in [-0.2, -0.15) is 4.98 Å². The normalized spacial score (nSPS) is 18.4. The number of carboxylic acid groups (broad SMARTS) is 1. The SMILES string of the molecule is COC1N(CCO)c2ccc(C#Cc3ccccc3)c(Cc3cnc(N)nc3N)c2C(=O)C1(OC)C(=O)O. The van der Waals surface area contributed by atoms with E-state index in [1.165, 1.54) is 18.2 Å². The van der Waals surface area contributed by atoms with Crippen molar-refractivity contribution in [3.8, 4) is 11.8 Å². The van der Waals surface area contributed by atoms with Gasteiger partial charge in [-0.1, -0.05) is 30.0 Å². The van der Waals surface area contributed by atoms with Crippen LogP contribution in [0.3, 0.4) is 0 Å². The Kier molecular flexibility index (Phi) is 7.59. The second kappa shape index (κ2) is 10.9. The number of ketones is 1. The van der Waals surface area contributed by atoms with Crippen LogP contribution in [0.2, 0.25) is 0 Å². The van der Waals surface area contributed by atoms with E-state index in [2.05, 4.69) is 21.8 Å². The van der Waals surface area contributed by atoms with Crippen LogP contribution in [0.1, 0.15) is 32.6 Å². The summed E-state index contributed by atoms with van der Waals surface area (Å²) in [6.45, 7) is -0.366. The molecular weight excluding hydrogens is 490 g/mol. The van der Waals surface area contributed by atoms with Crippen LogP contribution < -0.4 is 16.4 Å². The van der Waals surface area contributed by atoms with Gasteiger partial charge in [-0.3, -0.25) is 4.79 Å². The van der Waals surface area contributed by atoms with E-state index in [4.69, 9.17) is 20.9 Å². The standard InChI is InChI=1S/C27H27N5O6/c1-37-24-27(38-2,25(35)36)22(34)21-19(14-18-15-30-26(29)31-23(18)28)17(9-8-16-6-4-3-5-7-16)10-11-20(21)32(24)12-13-33/h3-7,10-11,15,24,33H,12-14H2,1-2H3,(H,35,36)(H4,28,29,30,31). The van der Waals surface area contributed by atoms with Crippen LogP contribution in [0.15, 0.2) is 48.7 Å². The third-order valence-corrected chi connectivity index (χ3v) is 6.40. The smallest absolute Gasteiger partial charge is 0.349 e. The lowest BCUT2D eigenvalue weighted by molar-refractivity contribution is -0.171. The number of Topliss-reactive ketones (excluding diaryl/α,β-unsaturated/α-hetero) is 1. The number of benzene rings is 2. The predicted octanol–water partition coefficient (Wildman–Crippen LogP) is 1.07. The van der Waals surface area contributed by atoms with E-state index in [9.17, 15) is 19.8 Å². The van der Waals surface area contributed by atoms with Crippen molar-refractivity contribution in [2.75, 3.05) is 43.7 Å². The number of nitrogens with two attached hydrogens (primary N) is 2. The van der Waals surface area contributed by atoms with Crippen LogP contribution in [0.25, 0.3) is 0 Å². The lowest BCUT2D eigenvalue weighted by atomic mass is 9.80. The molecule has 2 aromatic carbocycles. The van der Waals surface area contributed by atoms with Crippen molar-refractivity contribution in [1.82, 2.24) is 9.97 Å². The highest BCUT2D eigenvalue weighted by atomic mass is 16.6. The van der Waals surface area contributed by atoms with E-state index >= 15 is 0 Å². The van der Waals surface area contributed by atoms with Gasteiger partial charge in [0.1, 0.15) is 5.82 Å². The quantitative estimate of drug-likeness (QED) is 0.261. The van der Waals surface area contributed by atoms with Gasteiger partial charge in [-0.25, -0.2) is 9.78 Å². The molecule has 2 unspecified atom stereocenters. The average Bonchev–Trinajstić information content (AvgIpc) is 2.91. The second-order valence-electron chi connectivity index (χ2n) is 8.50. The highest BCUT2D eigenvalue weighted by molar-refractivity contribution is 6.21. The fourth-order valence-electron chi connectivity index (χ4n) is 4.62. The molecule has 2 heterocycles. The number of carbonyl (C=O) groups is 2. The first-order valence-electron chi connectivity index (χ1n) is 11.6. The third-order valence-electron chi connectivity index (χ3n) is 6.40. The molecule has 0 amide bonds. The molecule has 4 rings (SSSR count). The summed E-state index contributed by atoms with van der Waals surface area (Å²) in [7, 11) is 2.40. The monoisotopic (exact) mass is 517 g/mol. The van der Waals surface area contributed by atoms with Crippen molar-refractivity contribution in [2.24, 2.45) is 0 Å². The first kappa shape index (κ1) is 26.6. The van der Waals surface area contributed by atoms with Crippen LogP contribution in [0, 0.1) is 11.8 Å². The molecule has 38 heavy (non-hydrogen) atoms. The van der Waals surface area contributed by atoms with Gasteiger partial charge in [-0.05, 0) is 29.8 Å². The Morgan fingerprint density at radius 2 is 1.89 bits per heavy atom. The molecule has 0 radical (unpaired) electrons. The zero-order valence-corrected chi connectivity index (χ0v) is 20.8. The molecule has 196 valence electrons. The number of aromatic nitrogens is 2. The number of rotatable bonds is 7. The van der Waals surface area contributed by atoms with Gasteiger partial charge in [-0.15, -0.1) is 0 Å². The molecule has 6 N–H and O–H groups in total. The molecule has 0 bridgehead atoms. The molecule has 1 aromatic heterocycles. The fraction of sp³-hybridized carbons (Fsp3) is 0.259. The number of aliphatic carboxylic acids is 1. The number of carboxylic acids is 1. The number of carbonyl (C=O) groups excluding carboxylic acids is 1. The van der Waals surface area contributed by atoms with Gasteiger partial charge < -0.3 is 36.1 Å². The van der Waals surface area contributed by atoms with Gasteiger partial charge in [0, 0.05) is 55.6 Å². The molecule has 0 aliphatic carbocycles. The van der Waals surface area contributed by atoms with Crippen molar-refractivity contribution >= 4 is 29.2 Å². The Labute approximate surface area is 219 Å². The zero-order chi connectivity index (χ0) is 27.4. The molecule has 1 aliphatic heterocycles. The molecular formula is C27H27N5O6. The van der Waals surface area contributed by atoms with Crippen molar-refractivity contribution in [3.05, 3.63) is 76.5 Å². The summed E-state index contributed by atoms with van der Waals surface area (Å²) in [4.78, 5) is 36.2. The lowest BCUT2D eigenvalue weighted by Crippen LogP contribution is -2.67. The Hall–Kier alpha value is -4.50. The number of methoxy groups -OCH3 is 2. The summed E-state index contributed by atoms with van der Waals surface area (Å²) >= 11 is 0. The van der Waals surface area contributed by atoms with E-state index in [0.717, 1.165) is 12.7 Å². The summed E-state index contributed by atoms with van der Waals surface area (Å²) in [5.74, 6) is 3.92. The van der Waals surface area contributed by atoms with Gasteiger partial charge in [0.05, 0.1) is 12.3 Å². The number of nitrogens with zero attached hydrogens (tertiary/aromatic N) is 3. The number of ether oxygens (including phenoxy) is 2. The first-order chi connectivity index (χ1) is 18.3. The maximum absolute atomic E-state index is 14.1. The van der Waals surface area contributed by atoms with Crippen LogP contribution >= 0.6 is 0 Å². The number of aliphatic hydroxyl groups is 1. The van der Waals surface area contributed by atoms with E-state index in [0.29, 0.717) is 22.4 Å². The lowest BCUT2D eigenvalue weighted by Gasteiger charge is -2.46. The second-order valence-corrected chi connectivity index (χ2v) is 8.50. The van der Waals surface area contributed by atoms with Crippen molar-refractivity contribution in [3.63, 3.8) is 0 Å². The molecule has 11 heteroatoms. The van der Waals surface area contributed by atoms with Crippen LogP contribution in [-0.4, -0.2) is 71.1 Å². The minimum Gasteiger partial charge on any atom is -0.479 e. The van der Waals surface area contributed by atoms with E-state index in [-0.39, 0.29) is 36.9 Å². The predicted molar refractivity (Wildman–Crippen MR) is 139 cm³/mol. The molecule has 2 atom stereocenters. The van der Waals surface area contributed by atoms with E-state index < -0.39 is 23.6 Å². The molecule has 3 aromatic rings. The molecule has 0 fully saturated rings. The minimum absolute atomic E-state index is 0.0113. The van der Waals surface area contributed by atoms with Crippen LogP contribution in [-0.2, 0) is 20.7 Å². The van der Waals surface area contributed by atoms with E-state index in [1.807, 2.05) is 30.3 Å². The molecule has 0 saturated heterocycles.